The molecule has 0 aliphatic carbocycles. The van der Waals surface area contributed by atoms with Gasteiger partial charge >= 0.3 is 5.97 Å². The summed E-state index contributed by atoms with van der Waals surface area (Å²) in [6, 6.07) is 4.08. The Kier molecular flexibility index (Phi) is 2.38. The quantitative estimate of drug-likeness (QED) is 0.465. The van der Waals surface area contributed by atoms with Gasteiger partial charge in [0.05, 0.1) is 12.7 Å². The second-order valence-electron chi connectivity index (χ2n) is 2.30. The van der Waals surface area contributed by atoms with Crippen LogP contribution >= 0.6 is 0 Å². The van der Waals surface area contributed by atoms with Crippen molar-refractivity contribution >= 4 is 19.3 Å². The molecule has 0 bridgehead atoms. The van der Waals surface area contributed by atoms with Crippen LogP contribution in [-0.4, -0.2) is 26.0 Å². The largest absolute Gasteiger partial charge is 0.508 e. The van der Waals surface area contributed by atoms with Gasteiger partial charge in [-0.1, -0.05) is 11.5 Å². The summed E-state index contributed by atoms with van der Waals surface area (Å²) in [5, 5.41) is 9.05. The molecule has 0 aliphatic heterocycles. The van der Waals surface area contributed by atoms with E-state index in [1.165, 1.54) is 25.3 Å². The monoisotopic (exact) mass is 162 g/mol. The summed E-state index contributed by atoms with van der Waals surface area (Å²) in [5.74, 6) is -0.562. The minimum absolute atomic E-state index is 0.0459. The van der Waals surface area contributed by atoms with Crippen molar-refractivity contribution in [3.05, 3.63) is 23.8 Å². The van der Waals surface area contributed by atoms with Crippen LogP contribution in [0.3, 0.4) is 0 Å². The zero-order valence-electron chi connectivity index (χ0n) is 6.57. The van der Waals surface area contributed by atoms with Gasteiger partial charge in [0, 0.05) is 0 Å². The molecule has 0 aliphatic rings. The summed E-state index contributed by atoms with van der Waals surface area (Å²) >= 11 is 0. The average Bonchev–Trinajstić information content (AvgIpc) is 2.01. The van der Waals surface area contributed by atoms with Gasteiger partial charge in [-0.3, -0.25) is 0 Å². The van der Waals surface area contributed by atoms with Crippen LogP contribution in [0.25, 0.3) is 0 Å². The molecular weight excluding hydrogens is 155 g/mol. The normalized spacial score (nSPS) is 9.42. The van der Waals surface area contributed by atoms with Crippen LogP contribution in [0.5, 0.6) is 5.75 Å². The molecule has 1 aromatic rings. The Labute approximate surface area is 71.4 Å². The van der Waals surface area contributed by atoms with Crippen molar-refractivity contribution in [1.29, 1.82) is 0 Å². The standard InChI is InChI=1S/C8H7BO3/c1-12-8(11)5-2-6(9)4-7(10)3-5/h2-4,10H,1H3. The lowest BCUT2D eigenvalue weighted by molar-refractivity contribution is 0.0600. The molecule has 4 heteroatoms. The number of methoxy groups -OCH3 is 1. The Morgan fingerprint density at radius 2 is 2.17 bits per heavy atom. The Bertz CT molecular complexity index is 289. The number of ether oxygens (including phenoxy) is 1. The van der Waals surface area contributed by atoms with Crippen molar-refractivity contribution in [2.75, 3.05) is 7.11 Å². The van der Waals surface area contributed by atoms with Crippen LogP contribution in [0, 0.1) is 0 Å². The molecule has 1 N–H and O–H groups in total. The van der Waals surface area contributed by atoms with Crippen LogP contribution in [0.4, 0.5) is 0 Å². The molecule has 0 amide bonds. The number of hydrogen-bond donors (Lipinski definition) is 1. The number of aromatic hydroxyl groups is 1. The first-order valence-electron chi connectivity index (χ1n) is 3.31. The molecule has 0 saturated heterocycles. The van der Waals surface area contributed by atoms with Gasteiger partial charge in [0.25, 0.3) is 0 Å². The van der Waals surface area contributed by atoms with Gasteiger partial charge in [-0.15, -0.1) is 0 Å². The zero-order valence-corrected chi connectivity index (χ0v) is 6.57. The maximum atomic E-state index is 10.9. The summed E-state index contributed by atoms with van der Waals surface area (Å²) < 4.78 is 4.44. The number of phenols is 1. The zero-order chi connectivity index (χ0) is 9.14. The smallest absolute Gasteiger partial charge is 0.337 e. The first-order valence-corrected chi connectivity index (χ1v) is 3.31. The lowest BCUT2D eigenvalue weighted by atomic mass is 9.94. The van der Waals surface area contributed by atoms with E-state index in [1.54, 1.807) is 0 Å². The van der Waals surface area contributed by atoms with E-state index in [-0.39, 0.29) is 11.3 Å². The Balaban J connectivity index is 3.08. The summed E-state index contributed by atoms with van der Waals surface area (Å²) in [5.41, 5.74) is 0.574. The van der Waals surface area contributed by atoms with Gasteiger partial charge in [0.1, 0.15) is 13.6 Å². The molecule has 1 rings (SSSR count). The van der Waals surface area contributed by atoms with Crippen LogP contribution in [0.1, 0.15) is 10.4 Å². The van der Waals surface area contributed by atoms with Crippen LogP contribution in [-0.2, 0) is 4.74 Å². The van der Waals surface area contributed by atoms with Crippen molar-refractivity contribution in [3.8, 4) is 5.75 Å². The van der Waals surface area contributed by atoms with Crippen molar-refractivity contribution in [2.24, 2.45) is 0 Å². The Morgan fingerprint density at radius 3 is 2.67 bits per heavy atom. The van der Waals surface area contributed by atoms with E-state index in [0.29, 0.717) is 5.46 Å². The van der Waals surface area contributed by atoms with Crippen molar-refractivity contribution in [2.45, 2.75) is 0 Å². The molecule has 0 saturated carbocycles. The van der Waals surface area contributed by atoms with E-state index in [4.69, 9.17) is 13.0 Å². The molecule has 0 fully saturated rings. The molecular formula is C8H7BO3. The lowest BCUT2D eigenvalue weighted by Gasteiger charge is -2.01. The summed E-state index contributed by atoms with van der Waals surface area (Å²) in [6.07, 6.45) is 0. The van der Waals surface area contributed by atoms with Crippen molar-refractivity contribution in [3.63, 3.8) is 0 Å². The molecule has 0 aromatic heterocycles. The first-order chi connectivity index (χ1) is 5.63. The summed E-state index contributed by atoms with van der Waals surface area (Å²) in [6.45, 7) is 0. The number of rotatable bonds is 1. The molecule has 60 valence electrons. The van der Waals surface area contributed by atoms with E-state index >= 15 is 0 Å². The fraction of sp³-hybridized carbons (Fsp3) is 0.125. The van der Waals surface area contributed by atoms with Gasteiger partial charge in [-0.05, 0) is 12.1 Å². The molecule has 0 unspecified atom stereocenters. The number of carbonyl (C=O) groups is 1. The van der Waals surface area contributed by atoms with E-state index < -0.39 is 5.97 Å². The Hall–Kier alpha value is -1.45. The third-order valence-corrected chi connectivity index (χ3v) is 1.36. The topological polar surface area (TPSA) is 46.5 Å². The minimum Gasteiger partial charge on any atom is -0.508 e. The number of hydrogen-bond acceptors (Lipinski definition) is 3. The van der Waals surface area contributed by atoms with Gasteiger partial charge < -0.3 is 9.84 Å². The van der Waals surface area contributed by atoms with Gasteiger partial charge in [-0.2, -0.15) is 0 Å². The minimum atomic E-state index is -0.516. The van der Waals surface area contributed by atoms with E-state index in [1.807, 2.05) is 0 Å². The highest BCUT2D eigenvalue weighted by Crippen LogP contribution is 2.09. The Morgan fingerprint density at radius 1 is 1.50 bits per heavy atom. The molecule has 2 radical (unpaired) electrons. The maximum absolute atomic E-state index is 10.9. The third kappa shape index (κ3) is 1.78. The molecule has 0 spiro atoms. The fourth-order valence-electron chi connectivity index (χ4n) is 0.870. The number of phenolic OH excluding ortho intramolecular Hbond substituents is 1. The third-order valence-electron chi connectivity index (χ3n) is 1.36. The van der Waals surface area contributed by atoms with Crippen LogP contribution in [0.2, 0.25) is 0 Å². The first kappa shape index (κ1) is 8.65. The van der Waals surface area contributed by atoms with Crippen LogP contribution in [0.15, 0.2) is 18.2 Å². The molecule has 1 aromatic carbocycles. The van der Waals surface area contributed by atoms with E-state index in [9.17, 15) is 4.79 Å². The highest BCUT2D eigenvalue weighted by Gasteiger charge is 2.05. The summed E-state index contributed by atoms with van der Waals surface area (Å²) in [7, 11) is 6.65. The molecule has 0 atom stereocenters. The van der Waals surface area contributed by atoms with E-state index in [2.05, 4.69) is 4.74 Å². The number of benzene rings is 1. The second kappa shape index (κ2) is 3.30. The molecule has 3 nitrogen and oxygen atoms in total. The second-order valence-corrected chi connectivity index (χ2v) is 2.30. The lowest BCUT2D eigenvalue weighted by Crippen LogP contribution is -2.08. The molecule has 0 heterocycles. The summed E-state index contributed by atoms with van der Waals surface area (Å²) in [4.78, 5) is 10.9. The van der Waals surface area contributed by atoms with Gasteiger partial charge in [-0.25, -0.2) is 4.79 Å². The van der Waals surface area contributed by atoms with Gasteiger partial charge in [0.15, 0.2) is 0 Å². The van der Waals surface area contributed by atoms with Crippen molar-refractivity contribution < 1.29 is 14.6 Å². The van der Waals surface area contributed by atoms with Crippen molar-refractivity contribution in [1.82, 2.24) is 0 Å². The van der Waals surface area contributed by atoms with E-state index in [0.717, 1.165) is 0 Å². The molecule has 12 heavy (non-hydrogen) atoms. The highest BCUT2D eigenvalue weighted by atomic mass is 16.5. The highest BCUT2D eigenvalue weighted by molar-refractivity contribution is 6.32. The SMILES string of the molecule is [B]c1cc(O)cc(C(=O)OC)c1. The average molecular weight is 162 g/mol. The fourth-order valence-corrected chi connectivity index (χ4v) is 0.870. The van der Waals surface area contributed by atoms with Gasteiger partial charge in [0.2, 0.25) is 0 Å². The maximum Gasteiger partial charge on any atom is 0.337 e. The predicted molar refractivity (Wildman–Crippen MR) is 44.8 cm³/mol. The number of esters is 1. The predicted octanol–water partition coefficient (Wildman–Crippen LogP) is -0.0274. The van der Waals surface area contributed by atoms with Crippen LogP contribution < -0.4 is 5.46 Å². The number of carbonyl (C=O) groups excluding carboxylic acids is 1.